The lowest BCUT2D eigenvalue weighted by Gasteiger charge is -2.19. The van der Waals surface area contributed by atoms with Crippen molar-refractivity contribution in [2.24, 2.45) is 5.73 Å². The SMILES string of the molecule is CCCCOC(=O)C(N)(CC=O)C(=O)O. The van der Waals surface area contributed by atoms with E-state index in [1.807, 2.05) is 6.92 Å². The maximum atomic E-state index is 11.3. The second-order valence-corrected chi connectivity index (χ2v) is 3.14. The van der Waals surface area contributed by atoms with E-state index in [2.05, 4.69) is 4.74 Å². The maximum Gasteiger partial charge on any atom is 0.338 e. The minimum Gasteiger partial charge on any atom is -0.479 e. The van der Waals surface area contributed by atoms with Crippen LogP contribution in [0, 0.1) is 0 Å². The summed E-state index contributed by atoms with van der Waals surface area (Å²) in [6.45, 7) is 2.01. The molecular formula is C9H15NO5. The average Bonchev–Trinajstić information content (AvgIpc) is 2.18. The number of carbonyl (C=O) groups excluding carboxylic acids is 2. The molecule has 3 N–H and O–H groups in total. The lowest BCUT2D eigenvalue weighted by Crippen LogP contribution is -2.56. The van der Waals surface area contributed by atoms with Gasteiger partial charge in [0.1, 0.15) is 6.29 Å². The van der Waals surface area contributed by atoms with E-state index >= 15 is 0 Å². The third kappa shape index (κ3) is 3.67. The minimum absolute atomic E-state index is 0.112. The molecule has 0 aliphatic carbocycles. The van der Waals surface area contributed by atoms with Crippen molar-refractivity contribution >= 4 is 18.2 Å². The Morgan fingerprint density at radius 2 is 2.13 bits per heavy atom. The summed E-state index contributed by atoms with van der Waals surface area (Å²) in [5.74, 6) is -2.63. The van der Waals surface area contributed by atoms with Crippen molar-refractivity contribution in [1.29, 1.82) is 0 Å². The first-order chi connectivity index (χ1) is 6.99. The smallest absolute Gasteiger partial charge is 0.338 e. The Morgan fingerprint density at radius 3 is 2.53 bits per heavy atom. The summed E-state index contributed by atoms with van der Waals surface area (Å²) in [5, 5.41) is 8.71. The van der Waals surface area contributed by atoms with Crippen LogP contribution in [0.3, 0.4) is 0 Å². The zero-order valence-electron chi connectivity index (χ0n) is 8.56. The number of aldehydes is 1. The zero-order chi connectivity index (χ0) is 11.9. The van der Waals surface area contributed by atoms with Gasteiger partial charge in [-0.15, -0.1) is 0 Å². The van der Waals surface area contributed by atoms with Gasteiger partial charge >= 0.3 is 11.9 Å². The number of carboxylic acids is 1. The molecule has 0 radical (unpaired) electrons. The van der Waals surface area contributed by atoms with Crippen LogP contribution in [0.1, 0.15) is 26.2 Å². The van der Waals surface area contributed by atoms with Gasteiger partial charge in [0.25, 0.3) is 0 Å². The number of ether oxygens (including phenoxy) is 1. The predicted octanol–water partition coefficient (Wildman–Crippen LogP) is -0.299. The molecular weight excluding hydrogens is 202 g/mol. The van der Waals surface area contributed by atoms with Crippen molar-refractivity contribution in [2.75, 3.05) is 6.61 Å². The summed E-state index contributed by atoms with van der Waals surface area (Å²) in [7, 11) is 0. The van der Waals surface area contributed by atoms with Gasteiger partial charge in [0.2, 0.25) is 5.54 Å². The molecule has 0 saturated carbocycles. The van der Waals surface area contributed by atoms with Crippen molar-refractivity contribution in [1.82, 2.24) is 0 Å². The normalized spacial score (nSPS) is 14.0. The predicted molar refractivity (Wildman–Crippen MR) is 51.1 cm³/mol. The lowest BCUT2D eigenvalue weighted by atomic mass is 9.98. The Balaban J connectivity index is 4.42. The van der Waals surface area contributed by atoms with Crippen LogP contribution < -0.4 is 5.73 Å². The fourth-order valence-corrected chi connectivity index (χ4v) is 0.827. The highest BCUT2D eigenvalue weighted by Gasteiger charge is 2.43. The van der Waals surface area contributed by atoms with Gasteiger partial charge < -0.3 is 20.4 Å². The first-order valence-electron chi connectivity index (χ1n) is 4.62. The topological polar surface area (TPSA) is 107 Å². The quantitative estimate of drug-likeness (QED) is 0.262. The number of nitrogens with two attached hydrogens (primary N) is 1. The third-order valence-corrected chi connectivity index (χ3v) is 1.88. The molecule has 0 aliphatic heterocycles. The molecule has 0 fully saturated rings. The van der Waals surface area contributed by atoms with Crippen molar-refractivity contribution in [3.8, 4) is 0 Å². The Hall–Kier alpha value is -1.43. The molecule has 0 amide bonds. The summed E-state index contributed by atoms with van der Waals surface area (Å²) in [6.07, 6.45) is 1.14. The summed E-state index contributed by atoms with van der Waals surface area (Å²) in [5.41, 5.74) is 3.02. The number of esters is 1. The van der Waals surface area contributed by atoms with Gasteiger partial charge in [0, 0.05) is 6.42 Å². The number of unbranched alkanes of at least 4 members (excludes halogenated alkanes) is 1. The molecule has 1 unspecified atom stereocenters. The third-order valence-electron chi connectivity index (χ3n) is 1.88. The number of hydrogen-bond acceptors (Lipinski definition) is 5. The van der Waals surface area contributed by atoms with Crippen LogP contribution in [0.25, 0.3) is 0 Å². The van der Waals surface area contributed by atoms with E-state index in [-0.39, 0.29) is 12.9 Å². The van der Waals surface area contributed by atoms with Crippen LogP contribution in [0.4, 0.5) is 0 Å². The molecule has 0 aromatic carbocycles. The molecule has 0 bridgehead atoms. The van der Waals surface area contributed by atoms with E-state index < -0.39 is 23.9 Å². The van der Waals surface area contributed by atoms with Crippen molar-refractivity contribution in [3.63, 3.8) is 0 Å². The molecule has 0 heterocycles. The van der Waals surface area contributed by atoms with Gasteiger partial charge in [-0.25, -0.2) is 9.59 Å². The van der Waals surface area contributed by atoms with Crippen LogP contribution in [0.15, 0.2) is 0 Å². The second-order valence-electron chi connectivity index (χ2n) is 3.14. The molecule has 6 heteroatoms. The van der Waals surface area contributed by atoms with Gasteiger partial charge in [-0.3, -0.25) is 0 Å². The van der Waals surface area contributed by atoms with Gasteiger partial charge in [-0.2, -0.15) is 0 Å². The van der Waals surface area contributed by atoms with E-state index in [1.54, 1.807) is 0 Å². The van der Waals surface area contributed by atoms with Crippen LogP contribution in [-0.2, 0) is 19.1 Å². The van der Waals surface area contributed by atoms with E-state index in [4.69, 9.17) is 10.8 Å². The number of rotatable bonds is 7. The van der Waals surface area contributed by atoms with E-state index in [9.17, 15) is 14.4 Å². The first kappa shape index (κ1) is 13.6. The molecule has 0 aromatic heterocycles. The standard InChI is InChI=1S/C9H15NO5/c1-2-3-6-15-8(14)9(10,4-5-11)7(12)13/h5H,2-4,6,10H2,1H3,(H,12,13). The number of carbonyl (C=O) groups is 3. The minimum atomic E-state index is -2.25. The fourth-order valence-electron chi connectivity index (χ4n) is 0.827. The summed E-state index contributed by atoms with van der Waals surface area (Å²) in [6, 6.07) is 0. The highest BCUT2D eigenvalue weighted by Crippen LogP contribution is 2.08. The lowest BCUT2D eigenvalue weighted by molar-refractivity contribution is -0.162. The highest BCUT2D eigenvalue weighted by molar-refractivity contribution is 6.05. The first-order valence-corrected chi connectivity index (χ1v) is 4.62. The zero-order valence-corrected chi connectivity index (χ0v) is 8.56. The van der Waals surface area contributed by atoms with Crippen molar-refractivity contribution in [2.45, 2.75) is 31.7 Å². The molecule has 0 rings (SSSR count). The maximum absolute atomic E-state index is 11.3. The molecule has 15 heavy (non-hydrogen) atoms. The Labute approximate surface area is 87.4 Å². The highest BCUT2D eigenvalue weighted by atomic mass is 16.5. The van der Waals surface area contributed by atoms with Gasteiger partial charge in [-0.1, -0.05) is 13.3 Å². The second kappa shape index (κ2) is 6.13. The van der Waals surface area contributed by atoms with E-state index in [0.717, 1.165) is 6.42 Å². The van der Waals surface area contributed by atoms with Crippen LogP contribution in [-0.4, -0.2) is 35.5 Å². The Kier molecular flexibility index (Phi) is 5.54. The van der Waals surface area contributed by atoms with Gasteiger partial charge in [0.05, 0.1) is 6.61 Å². The molecule has 0 aromatic rings. The van der Waals surface area contributed by atoms with E-state index in [0.29, 0.717) is 6.42 Å². The Bertz CT molecular complexity index is 253. The molecule has 6 nitrogen and oxygen atoms in total. The van der Waals surface area contributed by atoms with E-state index in [1.165, 1.54) is 0 Å². The van der Waals surface area contributed by atoms with Crippen molar-refractivity contribution < 1.29 is 24.2 Å². The van der Waals surface area contributed by atoms with Crippen LogP contribution in [0.2, 0.25) is 0 Å². The Morgan fingerprint density at radius 1 is 1.53 bits per heavy atom. The molecule has 1 atom stereocenters. The summed E-state index contributed by atoms with van der Waals surface area (Å²) < 4.78 is 4.66. The molecule has 0 saturated heterocycles. The summed E-state index contributed by atoms with van der Waals surface area (Å²) >= 11 is 0. The fraction of sp³-hybridized carbons (Fsp3) is 0.667. The molecule has 86 valence electrons. The number of carboxylic acid groups (broad SMARTS) is 1. The largest absolute Gasteiger partial charge is 0.479 e. The van der Waals surface area contributed by atoms with Crippen LogP contribution in [0.5, 0.6) is 0 Å². The van der Waals surface area contributed by atoms with Crippen LogP contribution >= 0.6 is 0 Å². The van der Waals surface area contributed by atoms with Gasteiger partial charge in [0.15, 0.2) is 0 Å². The molecule has 0 spiro atoms. The molecule has 0 aliphatic rings. The average molecular weight is 217 g/mol. The summed E-state index contributed by atoms with van der Waals surface area (Å²) in [4.78, 5) is 32.2. The number of hydrogen-bond donors (Lipinski definition) is 2. The van der Waals surface area contributed by atoms with Crippen molar-refractivity contribution in [3.05, 3.63) is 0 Å². The monoisotopic (exact) mass is 217 g/mol. The van der Waals surface area contributed by atoms with Gasteiger partial charge in [-0.05, 0) is 6.42 Å². The number of aliphatic carboxylic acids is 1.